The molecule has 0 aliphatic carbocycles. The Kier molecular flexibility index (Phi) is 6.04. The fraction of sp³-hybridized carbons (Fsp3) is 0.188. The summed E-state index contributed by atoms with van der Waals surface area (Å²) in [6.07, 6.45) is 0. The normalized spacial score (nSPS) is 12.7. The predicted octanol–water partition coefficient (Wildman–Crippen LogP) is 5.21. The summed E-state index contributed by atoms with van der Waals surface area (Å²) in [6.45, 7) is 1.96. The fourth-order valence-corrected chi connectivity index (χ4v) is 3.17. The van der Waals surface area contributed by atoms with Gasteiger partial charge >= 0.3 is 0 Å². The molecule has 0 unspecified atom stereocenters. The van der Waals surface area contributed by atoms with E-state index >= 15 is 0 Å². The molecule has 116 valence electrons. The molecule has 0 bridgehead atoms. The molecule has 2 rings (SSSR count). The Labute approximate surface area is 149 Å². The third-order valence-electron chi connectivity index (χ3n) is 2.87. The zero-order valence-electron chi connectivity index (χ0n) is 11.7. The Morgan fingerprint density at radius 3 is 2.18 bits per heavy atom. The zero-order valence-corrected chi connectivity index (χ0v) is 14.8. The van der Waals surface area contributed by atoms with E-state index in [1.165, 1.54) is 11.8 Å². The quantitative estimate of drug-likeness (QED) is 0.452. The molecule has 0 saturated carbocycles. The number of amides is 1. The standard InChI is InChI=1S/C16H14Cl3NOS/c1-11-7-9-12(10-8-11)14(21)20-15(16(17,18)19)22-13-5-3-2-4-6-13/h2-10,15H,1H3,(H,20,21)/t15-/m1/s1. The van der Waals surface area contributed by atoms with Crippen LogP contribution >= 0.6 is 46.6 Å². The second-order valence-electron chi connectivity index (χ2n) is 4.69. The molecule has 0 aromatic heterocycles. The summed E-state index contributed by atoms with van der Waals surface area (Å²) in [5, 5.41) is 2.07. The first kappa shape index (κ1) is 17.5. The maximum atomic E-state index is 12.3. The lowest BCUT2D eigenvalue weighted by Crippen LogP contribution is -2.41. The summed E-state index contributed by atoms with van der Waals surface area (Å²) in [7, 11) is 0. The number of nitrogens with one attached hydrogen (secondary N) is 1. The number of benzene rings is 2. The first-order valence-electron chi connectivity index (χ1n) is 6.52. The predicted molar refractivity (Wildman–Crippen MR) is 95.0 cm³/mol. The van der Waals surface area contributed by atoms with Crippen LogP contribution in [0.15, 0.2) is 59.5 Å². The average Bonchev–Trinajstić information content (AvgIpc) is 2.47. The van der Waals surface area contributed by atoms with Crippen LogP contribution in [-0.2, 0) is 0 Å². The van der Waals surface area contributed by atoms with Crippen LogP contribution in [0.5, 0.6) is 0 Å². The van der Waals surface area contributed by atoms with Crippen molar-refractivity contribution in [1.29, 1.82) is 0 Å². The summed E-state index contributed by atoms with van der Waals surface area (Å²) < 4.78 is -1.62. The van der Waals surface area contributed by atoms with E-state index in [0.717, 1.165) is 10.5 Å². The first-order valence-corrected chi connectivity index (χ1v) is 8.53. The van der Waals surface area contributed by atoms with Gasteiger partial charge in [0.25, 0.3) is 5.91 Å². The number of thioether (sulfide) groups is 1. The van der Waals surface area contributed by atoms with Gasteiger partial charge in [0.15, 0.2) is 0 Å². The number of hydrogen-bond donors (Lipinski definition) is 1. The Bertz CT molecular complexity index is 626. The molecule has 0 aliphatic heterocycles. The molecule has 0 aliphatic rings. The first-order chi connectivity index (χ1) is 10.4. The molecule has 2 aromatic rings. The molecule has 22 heavy (non-hydrogen) atoms. The molecule has 6 heteroatoms. The van der Waals surface area contributed by atoms with Crippen LogP contribution in [0.1, 0.15) is 15.9 Å². The van der Waals surface area contributed by atoms with Crippen molar-refractivity contribution in [1.82, 2.24) is 5.32 Å². The van der Waals surface area contributed by atoms with Gasteiger partial charge in [-0.1, -0.05) is 82.5 Å². The number of alkyl halides is 3. The van der Waals surface area contributed by atoms with Crippen molar-refractivity contribution in [2.75, 3.05) is 0 Å². The van der Waals surface area contributed by atoms with Gasteiger partial charge < -0.3 is 5.32 Å². The zero-order chi connectivity index (χ0) is 16.2. The van der Waals surface area contributed by atoms with Gasteiger partial charge in [0.1, 0.15) is 5.37 Å². The molecule has 0 fully saturated rings. The number of rotatable bonds is 4. The summed E-state index contributed by atoms with van der Waals surface area (Å²) >= 11 is 19.3. The van der Waals surface area contributed by atoms with Crippen molar-refractivity contribution in [2.24, 2.45) is 0 Å². The lowest BCUT2D eigenvalue weighted by molar-refractivity contribution is 0.0950. The van der Waals surface area contributed by atoms with E-state index in [9.17, 15) is 4.79 Å². The van der Waals surface area contributed by atoms with Gasteiger partial charge in [-0.3, -0.25) is 4.79 Å². The third-order valence-corrected chi connectivity index (χ3v) is 5.16. The topological polar surface area (TPSA) is 29.1 Å². The molecule has 1 atom stereocenters. The van der Waals surface area contributed by atoms with E-state index in [2.05, 4.69) is 5.32 Å². The van der Waals surface area contributed by atoms with E-state index in [1.807, 2.05) is 49.4 Å². The van der Waals surface area contributed by atoms with E-state index in [4.69, 9.17) is 34.8 Å². The van der Waals surface area contributed by atoms with Crippen molar-refractivity contribution < 1.29 is 4.79 Å². The van der Waals surface area contributed by atoms with Crippen molar-refractivity contribution in [3.8, 4) is 0 Å². The van der Waals surface area contributed by atoms with Crippen LogP contribution in [0.3, 0.4) is 0 Å². The second-order valence-corrected chi connectivity index (χ2v) is 8.24. The lowest BCUT2D eigenvalue weighted by Gasteiger charge is -2.25. The highest BCUT2D eigenvalue weighted by Crippen LogP contribution is 2.39. The van der Waals surface area contributed by atoms with Gasteiger partial charge in [-0.25, -0.2) is 0 Å². The summed E-state index contributed by atoms with van der Waals surface area (Å²) in [5.74, 6) is -0.278. The molecule has 2 nitrogen and oxygen atoms in total. The fourth-order valence-electron chi connectivity index (χ4n) is 1.72. The highest BCUT2D eigenvalue weighted by molar-refractivity contribution is 8.00. The van der Waals surface area contributed by atoms with E-state index in [-0.39, 0.29) is 5.91 Å². The van der Waals surface area contributed by atoms with Crippen LogP contribution < -0.4 is 5.32 Å². The van der Waals surface area contributed by atoms with E-state index in [1.54, 1.807) is 12.1 Å². The summed E-state index contributed by atoms with van der Waals surface area (Å²) in [6, 6.07) is 16.7. The highest BCUT2D eigenvalue weighted by Gasteiger charge is 2.35. The van der Waals surface area contributed by atoms with Crippen LogP contribution in [-0.4, -0.2) is 15.1 Å². The van der Waals surface area contributed by atoms with E-state index < -0.39 is 9.17 Å². The summed E-state index contributed by atoms with van der Waals surface area (Å²) in [5.41, 5.74) is 1.60. The summed E-state index contributed by atoms with van der Waals surface area (Å²) in [4.78, 5) is 13.2. The number of hydrogen-bond acceptors (Lipinski definition) is 2. The average molecular weight is 375 g/mol. The van der Waals surface area contributed by atoms with Gasteiger partial charge in [-0.2, -0.15) is 0 Å². The maximum Gasteiger partial charge on any atom is 0.252 e. The Morgan fingerprint density at radius 2 is 1.64 bits per heavy atom. The molecule has 0 saturated heterocycles. The molecule has 0 spiro atoms. The van der Waals surface area contributed by atoms with Gasteiger partial charge in [0.05, 0.1) is 0 Å². The van der Waals surface area contributed by atoms with Crippen LogP contribution in [0, 0.1) is 6.92 Å². The highest BCUT2D eigenvalue weighted by atomic mass is 35.6. The smallest absolute Gasteiger partial charge is 0.252 e. The SMILES string of the molecule is Cc1ccc(C(=O)N[C@H](Sc2ccccc2)C(Cl)(Cl)Cl)cc1. The lowest BCUT2D eigenvalue weighted by atomic mass is 10.1. The Morgan fingerprint density at radius 1 is 1.05 bits per heavy atom. The largest absolute Gasteiger partial charge is 0.336 e. The number of carbonyl (C=O) groups is 1. The second kappa shape index (κ2) is 7.60. The molecule has 0 radical (unpaired) electrons. The molecule has 1 amide bonds. The minimum Gasteiger partial charge on any atom is -0.336 e. The van der Waals surface area contributed by atoms with Crippen LogP contribution in [0.2, 0.25) is 0 Å². The van der Waals surface area contributed by atoms with Crippen LogP contribution in [0.4, 0.5) is 0 Å². The molecule has 0 heterocycles. The third kappa shape index (κ3) is 5.10. The van der Waals surface area contributed by atoms with Crippen molar-refractivity contribution in [3.05, 3.63) is 65.7 Å². The molecule has 2 aromatic carbocycles. The Balaban J connectivity index is 2.13. The molecular formula is C16H14Cl3NOS. The minimum absolute atomic E-state index is 0.278. The van der Waals surface area contributed by atoms with Crippen molar-refractivity contribution in [3.63, 3.8) is 0 Å². The number of halogens is 3. The molecular weight excluding hydrogens is 361 g/mol. The molecule has 1 N–H and O–H groups in total. The monoisotopic (exact) mass is 373 g/mol. The van der Waals surface area contributed by atoms with Crippen LogP contribution in [0.25, 0.3) is 0 Å². The maximum absolute atomic E-state index is 12.3. The van der Waals surface area contributed by atoms with Gasteiger partial charge in [-0.15, -0.1) is 0 Å². The number of carbonyl (C=O) groups excluding carboxylic acids is 1. The van der Waals surface area contributed by atoms with Gasteiger partial charge in [0.2, 0.25) is 3.79 Å². The van der Waals surface area contributed by atoms with Crippen molar-refractivity contribution >= 4 is 52.5 Å². The minimum atomic E-state index is -1.62. The number of aryl methyl sites for hydroxylation is 1. The van der Waals surface area contributed by atoms with Gasteiger partial charge in [0, 0.05) is 10.5 Å². The Hall–Kier alpha value is -0.870. The van der Waals surface area contributed by atoms with E-state index in [0.29, 0.717) is 5.56 Å². The van der Waals surface area contributed by atoms with Crippen molar-refractivity contribution in [2.45, 2.75) is 21.0 Å². The van der Waals surface area contributed by atoms with Gasteiger partial charge in [-0.05, 0) is 31.2 Å².